The second-order valence-electron chi connectivity index (χ2n) is 8.99. The van der Waals surface area contributed by atoms with Gasteiger partial charge in [0, 0.05) is 42.1 Å². The van der Waals surface area contributed by atoms with Gasteiger partial charge in [0.25, 0.3) is 0 Å². The molecule has 5 unspecified atom stereocenters. The van der Waals surface area contributed by atoms with Crippen LogP contribution in [0.5, 0.6) is 0 Å². The molecule has 2 heterocycles. The highest BCUT2D eigenvalue weighted by Crippen LogP contribution is 2.87. The summed E-state index contributed by atoms with van der Waals surface area (Å²) in [6, 6.07) is 0. The molecule has 1 saturated heterocycles. The van der Waals surface area contributed by atoms with Crippen LogP contribution in [0.4, 0.5) is 34.9 Å². The van der Waals surface area contributed by atoms with E-state index in [9.17, 15) is 43.3 Å². The normalized spacial score (nSPS) is 30.0. The van der Waals surface area contributed by atoms with Crippen molar-refractivity contribution in [2.24, 2.45) is 18.0 Å². The Hall–Kier alpha value is -1.39. The number of allylic oxidation sites excluding steroid dienone is 3. The highest BCUT2D eigenvalue weighted by Gasteiger charge is 2.96. The number of alkyl halides is 7. The lowest BCUT2D eigenvalue weighted by molar-refractivity contribution is -0.311. The molecule has 1 aliphatic carbocycles. The van der Waals surface area contributed by atoms with E-state index in [0.29, 0.717) is 5.57 Å². The fourth-order valence-corrected chi connectivity index (χ4v) is 7.24. The lowest BCUT2D eigenvalue weighted by Crippen LogP contribution is -2.73. The van der Waals surface area contributed by atoms with Crippen molar-refractivity contribution in [3.8, 4) is 0 Å². The number of nitrogens with zero attached hydrogens (tertiary/aromatic N) is 3. The van der Waals surface area contributed by atoms with Crippen molar-refractivity contribution in [3.63, 3.8) is 0 Å². The fourth-order valence-electron chi connectivity index (χ4n) is 3.91. The van der Waals surface area contributed by atoms with E-state index >= 15 is 0 Å². The molecular weight excluding hydrogens is 572 g/mol. The Bertz CT molecular complexity index is 1240. The molecule has 1 aromatic heterocycles. The molecule has 0 bridgehead atoms. The number of imidazole rings is 1. The summed E-state index contributed by atoms with van der Waals surface area (Å²) in [6.07, 6.45) is -0.570. The standard InChI is InChI=1S/C21H25F8N3O2P2S/c1-4-37(33,34)12(2)7-14(13-5-6-13)9-30-11-17-31-10-15(32(17)3)16(35)8-18(22)19(23,24)20(25,36(18)29)21(26,27)28/h7,9-11,13,16H,4-6,8,35H2,1-3H3/b12-7+,14-9+,30-11?. The summed E-state index contributed by atoms with van der Waals surface area (Å²) in [4.78, 5) is 8.34. The van der Waals surface area contributed by atoms with Crippen LogP contribution in [0.3, 0.4) is 0 Å². The van der Waals surface area contributed by atoms with Gasteiger partial charge in [0.05, 0.1) is 12.0 Å². The van der Waals surface area contributed by atoms with E-state index < -0.39 is 53.1 Å². The predicted octanol–water partition coefficient (Wildman–Crippen LogP) is 6.69. The zero-order valence-corrected chi connectivity index (χ0v) is 22.8. The summed E-state index contributed by atoms with van der Waals surface area (Å²) in [5.74, 6) is -5.35. The van der Waals surface area contributed by atoms with Gasteiger partial charge >= 0.3 is 17.5 Å². The lowest BCUT2D eigenvalue weighted by Gasteiger charge is -2.55. The molecule has 1 aliphatic heterocycles. The van der Waals surface area contributed by atoms with Gasteiger partial charge in [0.1, 0.15) is 0 Å². The van der Waals surface area contributed by atoms with Crippen molar-refractivity contribution >= 4 is 33.5 Å². The Labute approximate surface area is 212 Å². The molecule has 16 heteroatoms. The van der Waals surface area contributed by atoms with Crippen LogP contribution in [0.15, 0.2) is 33.9 Å². The van der Waals surface area contributed by atoms with Crippen molar-refractivity contribution in [2.45, 2.75) is 61.7 Å². The van der Waals surface area contributed by atoms with Gasteiger partial charge in [-0.15, -0.1) is 9.24 Å². The van der Waals surface area contributed by atoms with E-state index in [1.54, 1.807) is 0 Å². The molecule has 0 amide bonds. The maximum absolute atomic E-state index is 14.8. The smallest absolute Gasteiger partial charge is 0.330 e. The second-order valence-corrected chi connectivity index (χ2v) is 14.1. The summed E-state index contributed by atoms with van der Waals surface area (Å²) in [5, 5.41) is -9.87. The van der Waals surface area contributed by atoms with Gasteiger partial charge < -0.3 is 4.57 Å². The van der Waals surface area contributed by atoms with Gasteiger partial charge in [-0.3, -0.25) is 4.99 Å². The third-order valence-electron chi connectivity index (χ3n) is 6.49. The summed E-state index contributed by atoms with van der Waals surface area (Å²) >= 11 is 0. The summed E-state index contributed by atoms with van der Waals surface area (Å²) in [7, 11) is -4.91. The highest BCUT2D eigenvalue weighted by molar-refractivity contribution is 7.95. The molecule has 0 aromatic carbocycles. The molecule has 2 aliphatic rings. The minimum absolute atomic E-state index is 0.0538. The first-order chi connectivity index (χ1) is 16.8. The predicted molar refractivity (Wildman–Crippen MR) is 129 cm³/mol. The van der Waals surface area contributed by atoms with Crippen molar-refractivity contribution in [1.82, 2.24) is 9.55 Å². The molecule has 2 fully saturated rings. The van der Waals surface area contributed by atoms with Gasteiger partial charge in [-0.1, -0.05) is 6.92 Å². The summed E-state index contributed by atoms with van der Waals surface area (Å²) in [6.45, 7) is 3.01. The van der Waals surface area contributed by atoms with Gasteiger partial charge in [0.2, 0.25) is 5.41 Å². The van der Waals surface area contributed by atoms with E-state index in [0.717, 1.165) is 19.0 Å². The molecule has 208 valence electrons. The topological polar surface area (TPSA) is 64.3 Å². The number of halogens is 8. The molecule has 5 atom stereocenters. The largest absolute Gasteiger partial charge is 0.435 e. The lowest BCUT2D eigenvalue weighted by atomic mass is 9.99. The Balaban J connectivity index is 1.79. The number of aliphatic imine (C=N–C) groups is 1. The molecule has 1 saturated carbocycles. The first-order valence-corrected chi connectivity index (χ1v) is 14.6. The maximum atomic E-state index is 14.8. The number of rotatable bonds is 9. The Morgan fingerprint density at radius 1 is 1.32 bits per heavy atom. The SMILES string of the molecule is CCS(=O)(=O)/C(C)=C/C(=C\N=Cc1ncc(C(P)CC2(F)P(F)C(F)(C(F)(F)F)C2(F)F)n1C)C1CC1. The van der Waals surface area contributed by atoms with Crippen LogP contribution in [0.25, 0.3) is 0 Å². The quantitative estimate of drug-likeness (QED) is 0.138. The molecule has 3 rings (SSSR count). The van der Waals surface area contributed by atoms with E-state index in [-0.39, 0.29) is 28.1 Å². The zero-order valence-electron chi connectivity index (χ0n) is 19.9. The van der Waals surface area contributed by atoms with E-state index in [2.05, 4.69) is 9.98 Å². The molecule has 0 radical (unpaired) electrons. The summed E-state index contributed by atoms with van der Waals surface area (Å²) < 4.78 is 135. The van der Waals surface area contributed by atoms with Crippen molar-refractivity contribution in [2.75, 3.05) is 5.75 Å². The number of aromatic nitrogens is 2. The average Bonchev–Trinajstić information content (AvgIpc) is 3.59. The minimum Gasteiger partial charge on any atom is -0.330 e. The molecule has 37 heavy (non-hydrogen) atoms. The van der Waals surface area contributed by atoms with Crippen molar-refractivity contribution in [1.29, 1.82) is 0 Å². The van der Waals surface area contributed by atoms with E-state index in [1.807, 2.05) is 9.24 Å². The van der Waals surface area contributed by atoms with Crippen LogP contribution in [-0.2, 0) is 16.9 Å². The third-order valence-corrected chi connectivity index (χ3v) is 11.1. The Morgan fingerprint density at radius 3 is 2.41 bits per heavy atom. The second kappa shape index (κ2) is 9.97. The minimum atomic E-state index is -6.26. The Morgan fingerprint density at radius 2 is 1.92 bits per heavy atom. The van der Waals surface area contributed by atoms with Crippen LogP contribution in [0.1, 0.15) is 50.3 Å². The van der Waals surface area contributed by atoms with Gasteiger partial charge in [-0.25, -0.2) is 26.4 Å². The van der Waals surface area contributed by atoms with Gasteiger partial charge in [-0.05, 0) is 37.3 Å². The van der Waals surface area contributed by atoms with Crippen LogP contribution in [0.2, 0.25) is 0 Å². The molecule has 5 nitrogen and oxygen atoms in total. The fraction of sp³-hybridized carbons (Fsp3) is 0.619. The Kier molecular flexibility index (Phi) is 8.13. The van der Waals surface area contributed by atoms with Gasteiger partial charge in [0.15, 0.2) is 23.9 Å². The van der Waals surface area contributed by atoms with Crippen LogP contribution in [0, 0.1) is 5.92 Å². The maximum Gasteiger partial charge on any atom is 0.435 e. The average molecular weight is 597 g/mol. The third kappa shape index (κ3) is 5.02. The van der Waals surface area contributed by atoms with Crippen LogP contribution >= 0.6 is 17.5 Å². The number of hydrogen-bond acceptors (Lipinski definition) is 4. The van der Waals surface area contributed by atoms with Crippen LogP contribution in [-0.4, -0.2) is 52.9 Å². The molecular formula is C21H25F8N3O2P2S. The number of sulfone groups is 1. The van der Waals surface area contributed by atoms with Gasteiger partial charge in [-0.2, -0.15) is 22.0 Å². The molecule has 1 aromatic rings. The van der Waals surface area contributed by atoms with E-state index in [1.165, 1.54) is 44.0 Å². The highest BCUT2D eigenvalue weighted by atomic mass is 32.2. The van der Waals surface area contributed by atoms with E-state index in [4.69, 9.17) is 0 Å². The first kappa shape index (κ1) is 30.2. The van der Waals surface area contributed by atoms with Crippen molar-refractivity contribution in [3.05, 3.63) is 40.5 Å². The number of hydrogen-bond donors (Lipinski definition) is 0. The van der Waals surface area contributed by atoms with Crippen molar-refractivity contribution < 1.29 is 43.3 Å². The first-order valence-electron chi connectivity index (χ1n) is 11.0. The summed E-state index contributed by atoms with van der Waals surface area (Å²) in [5.41, 5.74) is -0.579. The molecule has 0 N–H and O–H groups in total. The zero-order chi connectivity index (χ0) is 28.2. The van der Waals surface area contributed by atoms with Crippen LogP contribution < -0.4 is 0 Å². The monoisotopic (exact) mass is 597 g/mol. The molecule has 0 spiro atoms.